The van der Waals surface area contributed by atoms with Crippen molar-refractivity contribution >= 4 is 39.1 Å². The highest BCUT2D eigenvalue weighted by Gasteiger charge is 2.47. The fourth-order valence-electron chi connectivity index (χ4n) is 4.29. The fraction of sp³-hybridized carbons (Fsp3) is 0.192. The molecule has 0 saturated heterocycles. The summed E-state index contributed by atoms with van der Waals surface area (Å²) in [6.45, 7) is 1.79. The first-order valence-corrected chi connectivity index (χ1v) is 11.8. The van der Waals surface area contributed by atoms with E-state index in [0.29, 0.717) is 39.2 Å². The molecular weight excluding hydrogens is 484 g/mol. The van der Waals surface area contributed by atoms with Crippen LogP contribution in [0.4, 0.5) is 5.13 Å². The van der Waals surface area contributed by atoms with Gasteiger partial charge in [-0.15, -0.1) is 11.3 Å². The Morgan fingerprint density at radius 3 is 2.36 bits per heavy atom. The molecule has 5 rings (SSSR count). The van der Waals surface area contributed by atoms with Crippen molar-refractivity contribution in [3.63, 3.8) is 0 Å². The number of amides is 1. The number of aromatic nitrogens is 1. The molecular formula is C26H22N2O7S. The van der Waals surface area contributed by atoms with Gasteiger partial charge in [-0.05, 0) is 36.8 Å². The standard InChI is InChI=1S/C26H22N2O7S/c1-13-12-36-26(27-13)28-21(15-10-18(32-2)24(34-4)19(11-15)33-3)20(23(30)25(28)31)22(29)17-9-14-7-5-6-8-16(14)35-17/h5-12,21,30H,1-4H3. The number of benzene rings is 2. The van der Waals surface area contributed by atoms with Crippen LogP contribution in [0.25, 0.3) is 11.0 Å². The van der Waals surface area contributed by atoms with Gasteiger partial charge >= 0.3 is 0 Å². The van der Waals surface area contributed by atoms with Crippen molar-refractivity contribution in [3.8, 4) is 17.2 Å². The number of para-hydroxylation sites is 1. The molecule has 1 aliphatic heterocycles. The van der Waals surface area contributed by atoms with Crippen LogP contribution in [0.2, 0.25) is 0 Å². The molecule has 9 nitrogen and oxygen atoms in total. The normalized spacial score (nSPS) is 15.6. The first-order valence-electron chi connectivity index (χ1n) is 10.9. The van der Waals surface area contributed by atoms with E-state index in [0.717, 1.165) is 5.39 Å². The van der Waals surface area contributed by atoms with Gasteiger partial charge in [-0.1, -0.05) is 18.2 Å². The second-order valence-electron chi connectivity index (χ2n) is 8.05. The lowest BCUT2D eigenvalue weighted by Crippen LogP contribution is -2.31. The Hall–Kier alpha value is -4.31. The summed E-state index contributed by atoms with van der Waals surface area (Å²) in [4.78, 5) is 32.9. The molecule has 0 aliphatic carbocycles. The zero-order valence-corrected chi connectivity index (χ0v) is 20.7. The average Bonchev–Trinajstić information content (AvgIpc) is 3.58. The number of carbonyl (C=O) groups is 2. The molecule has 36 heavy (non-hydrogen) atoms. The zero-order valence-electron chi connectivity index (χ0n) is 19.9. The number of anilines is 1. The second kappa shape index (κ2) is 9.04. The number of thiazole rings is 1. The maximum Gasteiger partial charge on any atom is 0.296 e. The number of rotatable bonds is 7. The van der Waals surface area contributed by atoms with E-state index in [2.05, 4.69) is 4.98 Å². The number of nitrogens with zero attached hydrogens (tertiary/aromatic N) is 2. The molecule has 10 heteroatoms. The smallest absolute Gasteiger partial charge is 0.296 e. The predicted molar refractivity (Wildman–Crippen MR) is 133 cm³/mol. The lowest BCUT2D eigenvalue weighted by Gasteiger charge is -2.25. The third-order valence-electron chi connectivity index (χ3n) is 5.92. The van der Waals surface area contributed by atoms with E-state index in [1.54, 1.807) is 42.6 Å². The van der Waals surface area contributed by atoms with E-state index in [9.17, 15) is 14.7 Å². The summed E-state index contributed by atoms with van der Waals surface area (Å²) >= 11 is 1.23. The minimum Gasteiger partial charge on any atom is -0.503 e. The molecule has 0 fully saturated rings. The molecule has 0 bridgehead atoms. The fourth-order valence-corrected chi connectivity index (χ4v) is 5.12. The van der Waals surface area contributed by atoms with E-state index >= 15 is 0 Å². The van der Waals surface area contributed by atoms with Gasteiger partial charge in [0.1, 0.15) is 5.58 Å². The molecule has 0 saturated carbocycles. The van der Waals surface area contributed by atoms with Crippen molar-refractivity contribution in [1.82, 2.24) is 4.98 Å². The Balaban J connectivity index is 1.71. The third-order valence-corrected chi connectivity index (χ3v) is 6.88. The van der Waals surface area contributed by atoms with Crippen LogP contribution in [0.1, 0.15) is 27.9 Å². The third kappa shape index (κ3) is 3.66. The van der Waals surface area contributed by atoms with Crippen molar-refractivity contribution in [2.45, 2.75) is 13.0 Å². The summed E-state index contributed by atoms with van der Waals surface area (Å²) in [6.07, 6.45) is 0. The quantitative estimate of drug-likeness (QED) is 0.348. The first-order chi connectivity index (χ1) is 17.4. The molecule has 1 N–H and O–H groups in total. The SMILES string of the molecule is COc1cc(C2C(C(=O)c3cc4ccccc4o3)=C(O)C(=O)N2c2nc(C)cs2)cc(OC)c1OC. The van der Waals surface area contributed by atoms with Gasteiger partial charge in [0, 0.05) is 10.8 Å². The summed E-state index contributed by atoms with van der Waals surface area (Å²) in [5.41, 5.74) is 1.53. The van der Waals surface area contributed by atoms with Gasteiger partial charge in [0.15, 0.2) is 28.1 Å². The Labute approximate surface area is 210 Å². The molecule has 3 heterocycles. The number of aliphatic hydroxyl groups is 1. The van der Waals surface area contributed by atoms with Gasteiger partial charge in [0.05, 0.1) is 38.6 Å². The Bertz CT molecular complexity index is 1480. The first kappa shape index (κ1) is 23.4. The largest absolute Gasteiger partial charge is 0.503 e. The lowest BCUT2D eigenvalue weighted by atomic mass is 9.94. The molecule has 1 atom stereocenters. The molecule has 2 aromatic heterocycles. The summed E-state index contributed by atoms with van der Waals surface area (Å²) in [6, 6.07) is 11.0. The van der Waals surface area contributed by atoms with Crippen molar-refractivity contribution in [2.75, 3.05) is 26.2 Å². The van der Waals surface area contributed by atoms with E-state index in [1.807, 2.05) is 12.1 Å². The van der Waals surface area contributed by atoms with Crippen LogP contribution < -0.4 is 19.1 Å². The molecule has 1 aliphatic rings. The molecule has 4 aromatic rings. The van der Waals surface area contributed by atoms with E-state index in [-0.39, 0.29) is 11.3 Å². The number of furan rings is 1. The minimum absolute atomic E-state index is 0.000149. The summed E-state index contributed by atoms with van der Waals surface area (Å²) in [5.74, 6) is -1.03. The van der Waals surface area contributed by atoms with Crippen molar-refractivity contribution in [1.29, 1.82) is 0 Å². The van der Waals surface area contributed by atoms with E-state index in [1.165, 1.54) is 37.6 Å². The van der Waals surface area contributed by atoms with Gasteiger partial charge < -0.3 is 23.7 Å². The van der Waals surface area contributed by atoms with Crippen LogP contribution in [0, 0.1) is 6.92 Å². The number of ether oxygens (including phenoxy) is 3. The summed E-state index contributed by atoms with van der Waals surface area (Å²) in [7, 11) is 4.42. The van der Waals surface area contributed by atoms with Gasteiger partial charge in [0.25, 0.3) is 5.91 Å². The number of aryl methyl sites for hydroxylation is 1. The van der Waals surface area contributed by atoms with Gasteiger partial charge in [-0.25, -0.2) is 4.98 Å². The van der Waals surface area contributed by atoms with Gasteiger partial charge in [-0.2, -0.15) is 0 Å². The topological polar surface area (TPSA) is 111 Å². The molecule has 1 amide bonds. The van der Waals surface area contributed by atoms with Crippen molar-refractivity contribution in [3.05, 3.63) is 76.2 Å². The number of hydrogen-bond acceptors (Lipinski definition) is 9. The van der Waals surface area contributed by atoms with Crippen LogP contribution in [0.5, 0.6) is 17.2 Å². The summed E-state index contributed by atoms with van der Waals surface area (Å²) in [5, 5.41) is 13.8. The van der Waals surface area contributed by atoms with Crippen LogP contribution in [-0.4, -0.2) is 43.1 Å². The molecule has 1 unspecified atom stereocenters. The number of fused-ring (bicyclic) bond motifs is 1. The Kier molecular flexibility index (Phi) is 5.89. The average molecular weight is 507 g/mol. The predicted octanol–water partition coefficient (Wildman–Crippen LogP) is 5.01. The lowest BCUT2D eigenvalue weighted by molar-refractivity contribution is -0.117. The number of ketones is 1. The highest BCUT2D eigenvalue weighted by Crippen LogP contribution is 2.47. The van der Waals surface area contributed by atoms with Crippen molar-refractivity contribution < 1.29 is 33.3 Å². The van der Waals surface area contributed by atoms with Gasteiger partial charge in [0.2, 0.25) is 11.5 Å². The minimum atomic E-state index is -1.03. The molecule has 0 spiro atoms. The number of aliphatic hydroxyl groups excluding tert-OH is 1. The van der Waals surface area contributed by atoms with Crippen LogP contribution in [0.15, 0.2) is 63.6 Å². The molecule has 2 aromatic carbocycles. The maximum absolute atomic E-state index is 13.8. The number of Topliss-reactive ketones (excluding diaryl/α,β-unsaturated/α-hetero) is 1. The van der Waals surface area contributed by atoms with E-state index in [4.69, 9.17) is 18.6 Å². The Morgan fingerprint density at radius 2 is 1.78 bits per heavy atom. The highest BCUT2D eigenvalue weighted by molar-refractivity contribution is 7.14. The van der Waals surface area contributed by atoms with E-state index < -0.39 is 23.5 Å². The second-order valence-corrected chi connectivity index (χ2v) is 8.88. The summed E-state index contributed by atoms with van der Waals surface area (Å²) < 4.78 is 22.2. The molecule has 0 radical (unpaired) electrons. The molecule has 184 valence electrons. The monoisotopic (exact) mass is 506 g/mol. The van der Waals surface area contributed by atoms with Crippen LogP contribution in [0.3, 0.4) is 0 Å². The van der Waals surface area contributed by atoms with Crippen LogP contribution >= 0.6 is 11.3 Å². The van der Waals surface area contributed by atoms with Gasteiger partial charge in [-0.3, -0.25) is 14.5 Å². The maximum atomic E-state index is 13.8. The zero-order chi connectivity index (χ0) is 25.6. The van der Waals surface area contributed by atoms with Crippen LogP contribution in [-0.2, 0) is 4.79 Å². The number of hydrogen-bond donors (Lipinski definition) is 1. The number of carbonyl (C=O) groups excluding carboxylic acids is 2. The van der Waals surface area contributed by atoms with Crippen molar-refractivity contribution in [2.24, 2.45) is 0 Å². The number of methoxy groups -OCH3 is 3. The Morgan fingerprint density at radius 1 is 1.08 bits per heavy atom. The highest BCUT2D eigenvalue weighted by atomic mass is 32.1.